The Labute approximate surface area is 68.2 Å². The maximum absolute atomic E-state index is 5.48. The molecule has 0 bridgehead atoms. The molecule has 0 fully saturated rings. The number of anilines is 1. The quantitative estimate of drug-likeness (QED) is 0.653. The fourth-order valence-electron chi connectivity index (χ4n) is 0.438. The van der Waals surface area contributed by atoms with Crippen molar-refractivity contribution in [1.29, 1.82) is 0 Å². The van der Waals surface area contributed by atoms with Crippen LogP contribution in [0.15, 0.2) is 0 Å². The molecule has 0 saturated carbocycles. The minimum Gasteiger partial charge on any atom is -0.382 e. The summed E-state index contributed by atoms with van der Waals surface area (Å²) in [6.07, 6.45) is 0. The van der Waals surface area contributed by atoms with E-state index < -0.39 is 0 Å². The second kappa shape index (κ2) is 2.60. The Kier molecular flexibility index (Phi) is 1.97. The minimum atomic E-state index is 0.103. The van der Waals surface area contributed by atoms with Crippen molar-refractivity contribution in [3.63, 3.8) is 0 Å². The van der Waals surface area contributed by atoms with Gasteiger partial charge in [0.1, 0.15) is 5.82 Å². The number of halogens is 2. The highest BCUT2D eigenvalue weighted by Crippen LogP contribution is 2.18. The summed E-state index contributed by atoms with van der Waals surface area (Å²) in [7, 11) is 0. The summed E-state index contributed by atoms with van der Waals surface area (Å²) in [5.74, 6) is 0.203. The Balaban J connectivity index is 3.28. The molecule has 10 heavy (non-hydrogen) atoms. The summed E-state index contributed by atoms with van der Waals surface area (Å²) in [5, 5.41) is 0.229. The van der Waals surface area contributed by atoms with Crippen LogP contribution in [0.25, 0.3) is 0 Å². The molecule has 0 amide bonds. The van der Waals surface area contributed by atoms with Crippen molar-refractivity contribution in [3.8, 4) is 0 Å². The van der Waals surface area contributed by atoms with Gasteiger partial charge < -0.3 is 5.73 Å². The van der Waals surface area contributed by atoms with E-state index in [1.54, 1.807) is 0 Å². The van der Waals surface area contributed by atoms with Crippen molar-refractivity contribution in [1.82, 2.24) is 9.97 Å². The molecule has 0 aliphatic carbocycles. The zero-order valence-corrected chi connectivity index (χ0v) is 6.45. The van der Waals surface area contributed by atoms with Gasteiger partial charge in [0.25, 0.3) is 0 Å². The molecule has 53 valence electrons. The van der Waals surface area contributed by atoms with Gasteiger partial charge in [-0.1, -0.05) is 23.2 Å². The number of nitrogen functional groups attached to an aromatic ring is 1. The van der Waals surface area contributed by atoms with Crippen LogP contribution in [-0.2, 0) is 0 Å². The standard InChI is InChI=1S/C5H4Cl2N3/c1-2-5(8)10-4(7)3(6)9-2/h1H2,(H2,8,10). The molecule has 0 atom stereocenters. The van der Waals surface area contributed by atoms with Crippen LogP contribution in [0.1, 0.15) is 5.69 Å². The van der Waals surface area contributed by atoms with E-state index in [0.717, 1.165) is 0 Å². The third-order valence-electron chi connectivity index (χ3n) is 0.918. The third kappa shape index (κ3) is 1.30. The molecule has 0 aliphatic rings. The van der Waals surface area contributed by atoms with Crippen molar-refractivity contribution in [2.24, 2.45) is 0 Å². The molecule has 0 unspecified atom stereocenters. The average Bonchev–Trinajstić information content (AvgIpc) is 1.84. The fourth-order valence-corrected chi connectivity index (χ4v) is 0.716. The van der Waals surface area contributed by atoms with Crippen LogP contribution < -0.4 is 5.73 Å². The van der Waals surface area contributed by atoms with Gasteiger partial charge >= 0.3 is 0 Å². The molecular weight excluding hydrogens is 173 g/mol. The topological polar surface area (TPSA) is 51.8 Å². The highest BCUT2D eigenvalue weighted by molar-refractivity contribution is 6.40. The molecule has 1 aromatic heterocycles. The summed E-state index contributed by atoms with van der Waals surface area (Å²) >= 11 is 11.0. The Morgan fingerprint density at radius 1 is 1.20 bits per heavy atom. The van der Waals surface area contributed by atoms with Gasteiger partial charge in [-0.15, -0.1) is 0 Å². The van der Waals surface area contributed by atoms with E-state index >= 15 is 0 Å². The third-order valence-corrected chi connectivity index (χ3v) is 1.54. The van der Waals surface area contributed by atoms with Gasteiger partial charge in [0.2, 0.25) is 0 Å². The van der Waals surface area contributed by atoms with Gasteiger partial charge in [-0.3, -0.25) is 0 Å². The van der Waals surface area contributed by atoms with E-state index in [1.165, 1.54) is 0 Å². The first-order valence-corrected chi connectivity index (χ1v) is 3.17. The maximum Gasteiger partial charge on any atom is 0.168 e. The molecule has 2 N–H and O–H groups in total. The maximum atomic E-state index is 5.48. The number of nitrogens with zero attached hydrogens (tertiary/aromatic N) is 2. The molecule has 1 heterocycles. The highest BCUT2D eigenvalue weighted by Gasteiger charge is 2.03. The van der Waals surface area contributed by atoms with Gasteiger partial charge in [0.15, 0.2) is 10.3 Å². The lowest BCUT2D eigenvalue weighted by Crippen LogP contribution is -1.97. The van der Waals surface area contributed by atoms with Crippen molar-refractivity contribution < 1.29 is 0 Å². The first-order valence-electron chi connectivity index (χ1n) is 2.41. The van der Waals surface area contributed by atoms with Crippen LogP contribution in [-0.4, -0.2) is 9.97 Å². The zero-order chi connectivity index (χ0) is 7.72. The van der Waals surface area contributed by atoms with E-state index in [1.807, 2.05) is 0 Å². The Hall–Kier alpha value is -0.540. The molecule has 0 saturated heterocycles. The number of aromatic nitrogens is 2. The summed E-state index contributed by atoms with van der Waals surface area (Å²) < 4.78 is 0. The molecule has 5 heteroatoms. The molecule has 1 aromatic rings. The molecule has 1 radical (unpaired) electrons. The van der Waals surface area contributed by atoms with E-state index in [-0.39, 0.29) is 16.1 Å². The first-order chi connectivity index (χ1) is 4.61. The largest absolute Gasteiger partial charge is 0.382 e. The minimum absolute atomic E-state index is 0.103. The Morgan fingerprint density at radius 3 is 2.20 bits per heavy atom. The molecular formula is C5H4Cl2N3. The van der Waals surface area contributed by atoms with E-state index in [0.29, 0.717) is 5.69 Å². The van der Waals surface area contributed by atoms with Crippen LogP contribution in [0, 0.1) is 6.92 Å². The predicted octanol–water partition coefficient (Wildman–Crippen LogP) is 1.55. The average molecular weight is 177 g/mol. The van der Waals surface area contributed by atoms with E-state index in [2.05, 4.69) is 16.9 Å². The molecule has 0 aliphatic heterocycles. The van der Waals surface area contributed by atoms with Crippen LogP contribution in [0.4, 0.5) is 5.82 Å². The van der Waals surface area contributed by atoms with Gasteiger partial charge in [0, 0.05) is 0 Å². The number of rotatable bonds is 0. The molecule has 1 rings (SSSR count). The van der Waals surface area contributed by atoms with Gasteiger partial charge in [0.05, 0.1) is 5.69 Å². The first kappa shape index (κ1) is 7.57. The smallest absolute Gasteiger partial charge is 0.168 e. The van der Waals surface area contributed by atoms with Crippen LogP contribution in [0.2, 0.25) is 10.3 Å². The lowest BCUT2D eigenvalue weighted by Gasteiger charge is -1.98. The van der Waals surface area contributed by atoms with Gasteiger partial charge in [-0.2, -0.15) is 0 Å². The summed E-state index contributed by atoms with van der Waals surface area (Å²) in [5.41, 5.74) is 5.65. The van der Waals surface area contributed by atoms with E-state index in [9.17, 15) is 0 Å². The van der Waals surface area contributed by atoms with Crippen molar-refractivity contribution >= 4 is 29.0 Å². The van der Waals surface area contributed by atoms with Gasteiger partial charge in [-0.05, 0) is 6.92 Å². The molecule has 0 aromatic carbocycles. The zero-order valence-electron chi connectivity index (χ0n) is 4.93. The highest BCUT2D eigenvalue weighted by atomic mass is 35.5. The van der Waals surface area contributed by atoms with Crippen molar-refractivity contribution in [2.75, 3.05) is 5.73 Å². The van der Waals surface area contributed by atoms with Crippen molar-refractivity contribution in [3.05, 3.63) is 22.9 Å². The second-order valence-electron chi connectivity index (χ2n) is 1.64. The Bertz CT molecular complexity index is 211. The van der Waals surface area contributed by atoms with Gasteiger partial charge in [-0.25, -0.2) is 9.97 Å². The van der Waals surface area contributed by atoms with E-state index in [4.69, 9.17) is 28.9 Å². The monoisotopic (exact) mass is 176 g/mol. The Morgan fingerprint density at radius 2 is 1.70 bits per heavy atom. The van der Waals surface area contributed by atoms with Crippen molar-refractivity contribution in [2.45, 2.75) is 0 Å². The molecule has 3 nitrogen and oxygen atoms in total. The summed E-state index contributed by atoms with van der Waals surface area (Å²) in [6.45, 7) is 3.48. The molecule has 0 spiro atoms. The van der Waals surface area contributed by atoms with Crippen LogP contribution in [0.3, 0.4) is 0 Å². The second-order valence-corrected chi connectivity index (χ2v) is 2.35. The number of hydrogen-bond donors (Lipinski definition) is 1. The number of hydrogen-bond acceptors (Lipinski definition) is 3. The fraction of sp³-hybridized carbons (Fsp3) is 0. The number of nitrogens with two attached hydrogens (primary N) is 1. The van der Waals surface area contributed by atoms with Crippen LogP contribution in [0.5, 0.6) is 0 Å². The summed E-state index contributed by atoms with van der Waals surface area (Å²) in [4.78, 5) is 7.37. The SMILES string of the molecule is [CH2]c1nc(Cl)c(Cl)nc1N. The lowest BCUT2D eigenvalue weighted by molar-refractivity contribution is 1.17. The lowest BCUT2D eigenvalue weighted by atomic mass is 10.5. The predicted molar refractivity (Wildman–Crippen MR) is 40.9 cm³/mol. The summed E-state index contributed by atoms with van der Waals surface area (Å²) in [6, 6.07) is 0. The van der Waals surface area contributed by atoms with Crippen LogP contribution >= 0.6 is 23.2 Å². The normalized spacial score (nSPS) is 9.90.